The molecule has 8 heteroatoms. The Labute approximate surface area is 173 Å². The molecular weight excluding hydrogens is 420 g/mol. The van der Waals surface area contributed by atoms with Gasteiger partial charge in [-0.2, -0.15) is 0 Å². The normalized spacial score (nSPS) is 15.4. The molecule has 1 aliphatic rings. The lowest BCUT2D eigenvalue weighted by molar-refractivity contribution is 0.391. The first kappa shape index (κ1) is 19.1. The van der Waals surface area contributed by atoms with Gasteiger partial charge in [-0.1, -0.05) is 6.92 Å². The monoisotopic (exact) mass is 444 g/mol. The molecule has 2 aromatic heterocycles. The first-order chi connectivity index (χ1) is 13.7. The van der Waals surface area contributed by atoms with Gasteiger partial charge in [-0.3, -0.25) is 0 Å². The van der Waals surface area contributed by atoms with Crippen LogP contribution < -0.4 is 15.4 Å². The van der Waals surface area contributed by atoms with Crippen LogP contribution in [0.5, 0.6) is 5.75 Å². The van der Waals surface area contributed by atoms with E-state index >= 15 is 0 Å². The number of hydrogen-bond acceptors (Lipinski definition) is 6. The molecule has 0 atom stereocenters. The first-order valence-electron chi connectivity index (χ1n) is 9.65. The summed E-state index contributed by atoms with van der Waals surface area (Å²) in [5.74, 6) is 2.81. The van der Waals surface area contributed by atoms with Crippen LogP contribution in [-0.4, -0.2) is 39.7 Å². The van der Waals surface area contributed by atoms with E-state index in [1.54, 1.807) is 13.4 Å². The van der Waals surface area contributed by atoms with Crippen LogP contribution in [0.2, 0.25) is 0 Å². The summed E-state index contributed by atoms with van der Waals surface area (Å²) in [4.78, 5) is 15.9. The van der Waals surface area contributed by atoms with Gasteiger partial charge in [-0.25, -0.2) is 15.0 Å². The number of piperidine rings is 1. The number of ether oxygens (including phenoxy) is 1. The van der Waals surface area contributed by atoms with E-state index in [0.717, 1.165) is 65.4 Å². The highest BCUT2D eigenvalue weighted by molar-refractivity contribution is 9.10. The molecule has 1 saturated heterocycles. The largest absolute Gasteiger partial charge is 0.497 e. The van der Waals surface area contributed by atoms with E-state index in [2.05, 4.69) is 48.4 Å². The number of methoxy groups -OCH3 is 1. The van der Waals surface area contributed by atoms with Crippen LogP contribution in [0.15, 0.2) is 29.1 Å². The van der Waals surface area contributed by atoms with Crippen molar-refractivity contribution in [2.24, 2.45) is 5.73 Å². The zero-order valence-electron chi connectivity index (χ0n) is 16.2. The summed E-state index contributed by atoms with van der Waals surface area (Å²) in [6.45, 7) is 4.44. The van der Waals surface area contributed by atoms with E-state index in [-0.39, 0.29) is 0 Å². The third-order valence-electron chi connectivity index (χ3n) is 5.51. The van der Waals surface area contributed by atoms with Crippen LogP contribution in [0.3, 0.4) is 0 Å². The van der Waals surface area contributed by atoms with E-state index in [4.69, 9.17) is 15.5 Å². The maximum Gasteiger partial charge on any atom is 0.136 e. The maximum absolute atomic E-state index is 6.02. The molecular formula is C20H25BrN6O. The molecule has 0 spiro atoms. The maximum atomic E-state index is 6.02. The van der Waals surface area contributed by atoms with Gasteiger partial charge in [-0.05, 0) is 47.3 Å². The van der Waals surface area contributed by atoms with Crippen LogP contribution in [-0.2, 0) is 13.0 Å². The number of imidazole rings is 1. The van der Waals surface area contributed by atoms with Gasteiger partial charge < -0.3 is 19.9 Å². The van der Waals surface area contributed by atoms with Crippen LogP contribution >= 0.6 is 15.9 Å². The minimum atomic E-state index is 0.363. The van der Waals surface area contributed by atoms with E-state index in [1.165, 1.54) is 5.56 Å². The van der Waals surface area contributed by atoms with Crippen molar-refractivity contribution in [1.82, 2.24) is 19.5 Å². The van der Waals surface area contributed by atoms with E-state index in [0.29, 0.717) is 12.6 Å². The third kappa shape index (κ3) is 3.35. The molecule has 7 nitrogen and oxygen atoms in total. The minimum absolute atomic E-state index is 0.363. The van der Waals surface area contributed by atoms with Gasteiger partial charge >= 0.3 is 0 Å². The van der Waals surface area contributed by atoms with Crippen molar-refractivity contribution in [3.8, 4) is 5.75 Å². The average molecular weight is 445 g/mol. The second kappa shape index (κ2) is 8.05. The predicted octanol–water partition coefficient (Wildman–Crippen LogP) is 3.46. The minimum Gasteiger partial charge on any atom is -0.497 e. The number of nitrogens with two attached hydrogens (primary N) is 1. The fraction of sp³-hybridized carbons (Fsp3) is 0.450. The van der Waals surface area contributed by atoms with Crippen molar-refractivity contribution >= 4 is 32.8 Å². The summed E-state index contributed by atoms with van der Waals surface area (Å²) in [6.07, 6.45) is 4.56. The van der Waals surface area contributed by atoms with Gasteiger partial charge in [-0.15, -0.1) is 0 Å². The molecule has 0 aliphatic carbocycles. The van der Waals surface area contributed by atoms with E-state index in [9.17, 15) is 0 Å². The molecule has 148 valence electrons. The molecule has 0 saturated carbocycles. The second-order valence-corrected chi connectivity index (χ2v) is 7.75. The van der Waals surface area contributed by atoms with Crippen molar-refractivity contribution < 1.29 is 4.74 Å². The fourth-order valence-corrected chi connectivity index (χ4v) is 4.65. The Morgan fingerprint density at radius 1 is 1.25 bits per heavy atom. The Hall–Kier alpha value is -2.19. The summed E-state index contributed by atoms with van der Waals surface area (Å²) in [6, 6.07) is 6.37. The third-order valence-corrected chi connectivity index (χ3v) is 6.19. The molecule has 28 heavy (non-hydrogen) atoms. The van der Waals surface area contributed by atoms with Gasteiger partial charge in [0.1, 0.15) is 28.3 Å². The van der Waals surface area contributed by atoms with Crippen molar-refractivity contribution in [3.63, 3.8) is 0 Å². The summed E-state index contributed by atoms with van der Waals surface area (Å²) < 4.78 is 8.62. The number of nitrogens with zero attached hydrogens (tertiary/aromatic N) is 5. The highest BCUT2D eigenvalue weighted by Gasteiger charge is 2.26. The Morgan fingerprint density at radius 2 is 2.04 bits per heavy atom. The zero-order chi connectivity index (χ0) is 19.7. The summed E-state index contributed by atoms with van der Waals surface area (Å²) >= 11 is 3.56. The number of aromatic nitrogens is 4. The molecule has 1 aliphatic heterocycles. The van der Waals surface area contributed by atoms with Gasteiger partial charge in [0.05, 0.1) is 24.7 Å². The SMILES string of the molecule is CCc1c(Br)ncnc1N1CCC(n2c(CN)nc3ccc(OC)cc32)CC1. The molecule has 1 fully saturated rings. The van der Waals surface area contributed by atoms with E-state index in [1.807, 2.05) is 12.1 Å². The zero-order valence-corrected chi connectivity index (χ0v) is 17.8. The molecule has 4 rings (SSSR count). The first-order valence-corrected chi connectivity index (χ1v) is 10.4. The van der Waals surface area contributed by atoms with Crippen LogP contribution in [0.25, 0.3) is 11.0 Å². The standard InChI is InChI=1S/C20H25BrN6O/c1-3-15-19(21)23-12-24-20(15)26-8-6-13(7-9-26)27-17-10-14(28-2)4-5-16(17)25-18(27)11-22/h4-5,10,12-13H,3,6-9,11,22H2,1-2H3. The van der Waals surface area contributed by atoms with E-state index < -0.39 is 0 Å². The Morgan fingerprint density at radius 3 is 2.71 bits per heavy atom. The van der Waals surface area contributed by atoms with Crippen LogP contribution in [0.1, 0.15) is 37.2 Å². The van der Waals surface area contributed by atoms with Crippen molar-refractivity contribution in [2.75, 3.05) is 25.1 Å². The summed E-state index contributed by atoms with van der Waals surface area (Å²) in [5.41, 5.74) is 9.25. The fourth-order valence-electron chi connectivity index (χ4n) is 4.10. The van der Waals surface area contributed by atoms with Crippen LogP contribution in [0.4, 0.5) is 5.82 Å². The molecule has 3 aromatic rings. The van der Waals surface area contributed by atoms with Gasteiger partial charge in [0.2, 0.25) is 0 Å². The molecule has 2 N–H and O–H groups in total. The molecule has 0 amide bonds. The Bertz CT molecular complexity index is 980. The lowest BCUT2D eigenvalue weighted by atomic mass is 10.0. The average Bonchev–Trinajstić information content (AvgIpc) is 3.11. The number of halogens is 1. The predicted molar refractivity (Wildman–Crippen MR) is 114 cm³/mol. The topological polar surface area (TPSA) is 82.1 Å². The number of rotatable bonds is 5. The highest BCUT2D eigenvalue weighted by Crippen LogP contribution is 2.33. The smallest absolute Gasteiger partial charge is 0.136 e. The number of fused-ring (bicyclic) bond motifs is 1. The number of hydrogen-bond donors (Lipinski definition) is 1. The summed E-state index contributed by atoms with van der Waals surface area (Å²) in [5, 5.41) is 0. The van der Waals surface area contributed by atoms with Crippen molar-refractivity contribution in [2.45, 2.75) is 38.8 Å². The quantitative estimate of drug-likeness (QED) is 0.606. The summed E-state index contributed by atoms with van der Waals surface area (Å²) in [7, 11) is 1.69. The van der Waals surface area contributed by atoms with Crippen molar-refractivity contribution in [1.29, 1.82) is 0 Å². The molecule has 0 bridgehead atoms. The Balaban J connectivity index is 1.61. The van der Waals surface area contributed by atoms with Crippen molar-refractivity contribution in [3.05, 3.63) is 40.5 Å². The second-order valence-electron chi connectivity index (χ2n) is 7.00. The lowest BCUT2D eigenvalue weighted by Gasteiger charge is -2.35. The van der Waals surface area contributed by atoms with Crippen LogP contribution in [0, 0.1) is 0 Å². The molecule has 1 aromatic carbocycles. The molecule has 3 heterocycles. The molecule has 0 radical (unpaired) electrons. The number of benzene rings is 1. The molecule has 0 unspecified atom stereocenters. The van der Waals surface area contributed by atoms with Gasteiger partial charge in [0.25, 0.3) is 0 Å². The van der Waals surface area contributed by atoms with Gasteiger partial charge in [0.15, 0.2) is 0 Å². The van der Waals surface area contributed by atoms with Gasteiger partial charge in [0, 0.05) is 30.8 Å². The number of anilines is 1. The lowest BCUT2D eigenvalue weighted by Crippen LogP contribution is -2.36. The Kier molecular flexibility index (Phi) is 5.50. The highest BCUT2D eigenvalue weighted by atomic mass is 79.9.